The summed E-state index contributed by atoms with van der Waals surface area (Å²) in [5, 5.41) is 2.17. The highest BCUT2D eigenvalue weighted by molar-refractivity contribution is 5.76. The fourth-order valence-electron chi connectivity index (χ4n) is 1.71. The summed E-state index contributed by atoms with van der Waals surface area (Å²) in [6, 6.07) is 5.22. The minimum Gasteiger partial charge on any atom is -0.497 e. The molecule has 0 heterocycles. The molecule has 0 spiro atoms. The third kappa shape index (κ3) is 5.55. The maximum absolute atomic E-state index is 12.9. The van der Waals surface area contributed by atoms with Gasteiger partial charge < -0.3 is 20.5 Å². The molecule has 0 radical (unpaired) electrons. The number of methoxy groups -OCH3 is 2. The normalized spacial score (nSPS) is 11.1. The maximum atomic E-state index is 12.9. The Bertz CT molecular complexity index is 481. The lowest BCUT2D eigenvalue weighted by molar-refractivity contribution is -0.122. The number of rotatable bonds is 8. The molecule has 118 valence electrons. The van der Waals surface area contributed by atoms with Crippen LogP contribution < -0.4 is 20.5 Å². The Kier molecular flexibility index (Phi) is 6.36. The number of amides is 1. The third-order valence-electron chi connectivity index (χ3n) is 2.95. The molecule has 5 nitrogen and oxygen atoms in total. The van der Waals surface area contributed by atoms with Crippen LogP contribution in [0.5, 0.6) is 11.5 Å². The van der Waals surface area contributed by atoms with Crippen molar-refractivity contribution < 1.29 is 23.0 Å². The van der Waals surface area contributed by atoms with Crippen LogP contribution in [0, 0.1) is 0 Å². The largest absolute Gasteiger partial charge is 0.497 e. The Morgan fingerprint density at radius 3 is 2.62 bits per heavy atom. The molecule has 0 saturated heterocycles. The van der Waals surface area contributed by atoms with E-state index in [2.05, 4.69) is 5.32 Å². The first-order valence-electron chi connectivity index (χ1n) is 6.47. The first kappa shape index (κ1) is 17.2. The summed E-state index contributed by atoms with van der Waals surface area (Å²) in [5.41, 5.74) is 5.67. The molecule has 0 aromatic heterocycles. The summed E-state index contributed by atoms with van der Waals surface area (Å²) in [6.45, 7) is -1.55. The van der Waals surface area contributed by atoms with E-state index in [0.717, 1.165) is 5.56 Å². The summed E-state index contributed by atoms with van der Waals surface area (Å²) in [5.74, 6) is -2.28. The van der Waals surface area contributed by atoms with Crippen molar-refractivity contribution in [3.8, 4) is 11.5 Å². The quantitative estimate of drug-likeness (QED) is 0.760. The number of benzene rings is 1. The summed E-state index contributed by atoms with van der Waals surface area (Å²) < 4.78 is 36.1. The topological polar surface area (TPSA) is 73.6 Å². The summed E-state index contributed by atoms with van der Waals surface area (Å²) >= 11 is 0. The van der Waals surface area contributed by atoms with E-state index in [0.29, 0.717) is 17.9 Å². The minimum atomic E-state index is -3.08. The Morgan fingerprint density at radius 2 is 2.05 bits per heavy atom. The molecule has 0 aliphatic heterocycles. The van der Waals surface area contributed by atoms with Crippen LogP contribution in [0.4, 0.5) is 8.78 Å². The van der Waals surface area contributed by atoms with Crippen LogP contribution in [0.25, 0.3) is 0 Å². The molecule has 0 unspecified atom stereocenters. The maximum Gasteiger partial charge on any atom is 0.277 e. The van der Waals surface area contributed by atoms with Crippen LogP contribution in [-0.2, 0) is 11.2 Å². The van der Waals surface area contributed by atoms with E-state index in [1.807, 2.05) is 0 Å². The van der Waals surface area contributed by atoms with Gasteiger partial charge in [0.25, 0.3) is 5.92 Å². The van der Waals surface area contributed by atoms with E-state index in [1.54, 1.807) is 18.2 Å². The molecule has 0 atom stereocenters. The van der Waals surface area contributed by atoms with Crippen molar-refractivity contribution in [2.75, 3.05) is 27.3 Å². The van der Waals surface area contributed by atoms with Crippen LogP contribution in [0.1, 0.15) is 12.0 Å². The molecule has 0 bridgehead atoms. The number of alkyl halides is 2. The number of ether oxygens (including phenoxy) is 2. The number of hydrogen-bond donors (Lipinski definition) is 2. The zero-order valence-corrected chi connectivity index (χ0v) is 12.1. The Hall–Kier alpha value is -1.89. The van der Waals surface area contributed by atoms with E-state index in [9.17, 15) is 13.6 Å². The fraction of sp³-hybridized carbons (Fsp3) is 0.500. The second-order valence-electron chi connectivity index (χ2n) is 4.51. The molecule has 0 fully saturated rings. The summed E-state index contributed by atoms with van der Waals surface area (Å²) in [4.78, 5) is 11.6. The fourth-order valence-corrected chi connectivity index (χ4v) is 1.71. The van der Waals surface area contributed by atoms with Gasteiger partial charge in [-0.25, -0.2) is 8.78 Å². The Balaban J connectivity index is 2.56. The molecule has 1 amide bonds. The highest BCUT2D eigenvalue weighted by Crippen LogP contribution is 2.25. The number of carbonyl (C=O) groups excluding carboxylic acids is 1. The molecular weight excluding hydrogens is 282 g/mol. The molecule has 3 N–H and O–H groups in total. The second kappa shape index (κ2) is 7.78. The lowest BCUT2D eigenvalue weighted by Gasteiger charge is -2.15. The molecule has 1 rings (SSSR count). The van der Waals surface area contributed by atoms with Gasteiger partial charge in [-0.05, 0) is 30.2 Å². The van der Waals surface area contributed by atoms with E-state index in [4.69, 9.17) is 15.2 Å². The zero-order valence-electron chi connectivity index (χ0n) is 12.1. The van der Waals surface area contributed by atoms with Gasteiger partial charge >= 0.3 is 0 Å². The molecule has 1 aromatic rings. The molecular formula is C14H20F2N2O3. The van der Waals surface area contributed by atoms with Crippen LogP contribution in [-0.4, -0.2) is 39.1 Å². The molecule has 0 aliphatic carbocycles. The van der Waals surface area contributed by atoms with Crippen LogP contribution in [0.3, 0.4) is 0 Å². The minimum absolute atomic E-state index is 0.0736. The predicted molar refractivity (Wildman–Crippen MR) is 74.9 cm³/mol. The SMILES string of the molecule is COc1ccc(OC)c(CCC(=O)NCC(F)(F)CN)c1. The molecule has 1 aromatic carbocycles. The standard InChI is InChI=1S/C14H20F2N2O3/c1-20-11-4-5-12(21-2)10(7-11)3-6-13(19)18-9-14(15,16)8-17/h4-5,7H,3,6,8-9,17H2,1-2H3,(H,18,19). The number of hydrogen-bond acceptors (Lipinski definition) is 4. The second-order valence-corrected chi connectivity index (χ2v) is 4.51. The van der Waals surface area contributed by atoms with E-state index >= 15 is 0 Å². The van der Waals surface area contributed by atoms with Crippen LogP contribution in [0.2, 0.25) is 0 Å². The van der Waals surface area contributed by atoms with Gasteiger partial charge in [0.15, 0.2) is 0 Å². The van der Waals surface area contributed by atoms with Crippen LogP contribution in [0.15, 0.2) is 18.2 Å². The van der Waals surface area contributed by atoms with Gasteiger partial charge in [0.05, 0.1) is 27.3 Å². The summed E-state index contributed by atoms with van der Waals surface area (Å²) in [6.07, 6.45) is 0.435. The highest BCUT2D eigenvalue weighted by atomic mass is 19.3. The number of carbonyl (C=O) groups is 1. The lowest BCUT2D eigenvalue weighted by Crippen LogP contribution is -2.41. The monoisotopic (exact) mass is 302 g/mol. The average molecular weight is 302 g/mol. The van der Waals surface area contributed by atoms with E-state index in [1.165, 1.54) is 14.2 Å². The molecule has 0 saturated carbocycles. The number of halogens is 2. The molecule has 0 aliphatic rings. The Labute approximate surface area is 122 Å². The first-order chi connectivity index (χ1) is 9.91. The van der Waals surface area contributed by atoms with Crippen LogP contribution >= 0.6 is 0 Å². The third-order valence-corrected chi connectivity index (χ3v) is 2.95. The van der Waals surface area contributed by atoms with Crippen molar-refractivity contribution in [2.24, 2.45) is 5.73 Å². The first-order valence-corrected chi connectivity index (χ1v) is 6.47. The van der Waals surface area contributed by atoms with Crippen molar-refractivity contribution in [3.63, 3.8) is 0 Å². The Morgan fingerprint density at radius 1 is 1.33 bits per heavy atom. The summed E-state index contributed by atoms with van der Waals surface area (Å²) in [7, 11) is 3.06. The van der Waals surface area contributed by atoms with Gasteiger partial charge in [0, 0.05) is 6.42 Å². The van der Waals surface area contributed by atoms with Crippen molar-refractivity contribution in [2.45, 2.75) is 18.8 Å². The van der Waals surface area contributed by atoms with Gasteiger partial charge in [0.2, 0.25) is 5.91 Å². The molecule has 21 heavy (non-hydrogen) atoms. The van der Waals surface area contributed by atoms with E-state index in [-0.39, 0.29) is 6.42 Å². The van der Waals surface area contributed by atoms with Crippen molar-refractivity contribution >= 4 is 5.91 Å². The van der Waals surface area contributed by atoms with E-state index < -0.39 is 24.9 Å². The predicted octanol–water partition coefficient (Wildman–Crippen LogP) is 1.35. The average Bonchev–Trinajstić information content (AvgIpc) is 2.50. The van der Waals surface area contributed by atoms with Gasteiger partial charge in [0.1, 0.15) is 11.5 Å². The molecule has 7 heteroatoms. The number of nitrogens with one attached hydrogen (secondary N) is 1. The lowest BCUT2D eigenvalue weighted by atomic mass is 10.1. The smallest absolute Gasteiger partial charge is 0.277 e. The van der Waals surface area contributed by atoms with Gasteiger partial charge in [-0.1, -0.05) is 0 Å². The van der Waals surface area contributed by atoms with Crippen molar-refractivity contribution in [1.82, 2.24) is 5.32 Å². The van der Waals surface area contributed by atoms with Gasteiger partial charge in [-0.2, -0.15) is 0 Å². The highest BCUT2D eigenvalue weighted by Gasteiger charge is 2.27. The number of nitrogens with two attached hydrogens (primary N) is 1. The van der Waals surface area contributed by atoms with Gasteiger partial charge in [-0.3, -0.25) is 4.79 Å². The van der Waals surface area contributed by atoms with Crippen molar-refractivity contribution in [1.29, 1.82) is 0 Å². The van der Waals surface area contributed by atoms with Gasteiger partial charge in [-0.15, -0.1) is 0 Å². The zero-order chi connectivity index (χ0) is 15.9. The number of aryl methyl sites for hydroxylation is 1. The van der Waals surface area contributed by atoms with Crippen molar-refractivity contribution in [3.05, 3.63) is 23.8 Å².